The van der Waals surface area contributed by atoms with Crippen molar-refractivity contribution in [2.24, 2.45) is 18.7 Å². The standard InChI is InChI=1S/C12H21N3O3S/c1-15-9-12(6-11(15)7-13)19(16,17)14-8-10-2-4-18-5-3-10/h6,9-10,14H,2-5,7-8,13H2,1H3. The van der Waals surface area contributed by atoms with Crippen molar-refractivity contribution >= 4 is 10.0 Å². The maximum atomic E-state index is 12.2. The van der Waals surface area contributed by atoms with Gasteiger partial charge in [0.2, 0.25) is 10.0 Å². The summed E-state index contributed by atoms with van der Waals surface area (Å²) in [5, 5.41) is 0. The van der Waals surface area contributed by atoms with Crippen LogP contribution in [0, 0.1) is 5.92 Å². The Kier molecular flexibility index (Phi) is 4.62. The Hall–Kier alpha value is -0.890. The summed E-state index contributed by atoms with van der Waals surface area (Å²) in [6.07, 6.45) is 3.41. The molecule has 1 aromatic rings. The average molecular weight is 287 g/mol. The SMILES string of the molecule is Cn1cc(S(=O)(=O)NCC2CCOCC2)cc1CN. The van der Waals surface area contributed by atoms with Crippen molar-refractivity contribution in [3.05, 3.63) is 18.0 Å². The van der Waals surface area contributed by atoms with Gasteiger partial charge in [-0.2, -0.15) is 0 Å². The highest BCUT2D eigenvalue weighted by Crippen LogP contribution is 2.16. The summed E-state index contributed by atoms with van der Waals surface area (Å²) < 4.78 is 34.0. The molecular formula is C12H21N3O3S. The van der Waals surface area contributed by atoms with Gasteiger partial charge in [-0.05, 0) is 24.8 Å². The van der Waals surface area contributed by atoms with Crippen LogP contribution in [0.2, 0.25) is 0 Å². The van der Waals surface area contributed by atoms with Gasteiger partial charge in [0, 0.05) is 45.2 Å². The third-order valence-corrected chi connectivity index (χ3v) is 4.90. The second-order valence-corrected chi connectivity index (χ2v) is 6.66. The predicted octanol–water partition coefficient (Wildman–Crippen LogP) is 0.189. The van der Waals surface area contributed by atoms with E-state index in [0.29, 0.717) is 19.0 Å². The average Bonchev–Trinajstić information content (AvgIpc) is 2.80. The number of ether oxygens (including phenoxy) is 1. The maximum absolute atomic E-state index is 12.2. The van der Waals surface area contributed by atoms with E-state index in [0.717, 1.165) is 31.7 Å². The minimum absolute atomic E-state index is 0.280. The molecular weight excluding hydrogens is 266 g/mol. The Morgan fingerprint density at radius 3 is 2.74 bits per heavy atom. The van der Waals surface area contributed by atoms with Gasteiger partial charge in [-0.15, -0.1) is 0 Å². The molecule has 1 aromatic heterocycles. The number of sulfonamides is 1. The molecule has 0 aromatic carbocycles. The largest absolute Gasteiger partial charge is 0.381 e. The number of nitrogens with two attached hydrogens (primary N) is 1. The summed E-state index contributed by atoms with van der Waals surface area (Å²) in [6, 6.07) is 1.62. The van der Waals surface area contributed by atoms with Gasteiger partial charge in [-0.3, -0.25) is 0 Å². The van der Waals surface area contributed by atoms with Crippen molar-refractivity contribution in [3.8, 4) is 0 Å². The number of aromatic nitrogens is 1. The molecule has 0 spiro atoms. The molecule has 0 radical (unpaired) electrons. The topological polar surface area (TPSA) is 86.3 Å². The van der Waals surface area contributed by atoms with Crippen molar-refractivity contribution in [1.82, 2.24) is 9.29 Å². The van der Waals surface area contributed by atoms with E-state index in [1.54, 1.807) is 23.9 Å². The quantitative estimate of drug-likeness (QED) is 0.809. The molecule has 6 nitrogen and oxygen atoms in total. The van der Waals surface area contributed by atoms with Gasteiger partial charge in [0.1, 0.15) is 0 Å². The number of hydrogen-bond donors (Lipinski definition) is 2. The number of nitrogens with zero attached hydrogens (tertiary/aromatic N) is 1. The lowest BCUT2D eigenvalue weighted by Gasteiger charge is -2.21. The molecule has 7 heteroatoms. The molecule has 0 aliphatic carbocycles. The first-order chi connectivity index (χ1) is 9.03. The van der Waals surface area contributed by atoms with Crippen molar-refractivity contribution < 1.29 is 13.2 Å². The smallest absolute Gasteiger partial charge is 0.242 e. The van der Waals surface area contributed by atoms with E-state index >= 15 is 0 Å². The van der Waals surface area contributed by atoms with Gasteiger partial charge in [-0.1, -0.05) is 0 Å². The van der Waals surface area contributed by atoms with Gasteiger partial charge >= 0.3 is 0 Å². The second-order valence-electron chi connectivity index (χ2n) is 4.89. The van der Waals surface area contributed by atoms with Crippen molar-refractivity contribution in [1.29, 1.82) is 0 Å². The van der Waals surface area contributed by atoms with E-state index in [1.165, 1.54) is 0 Å². The number of aryl methyl sites for hydroxylation is 1. The molecule has 0 unspecified atom stereocenters. The third kappa shape index (κ3) is 3.56. The summed E-state index contributed by atoms with van der Waals surface area (Å²) in [5.74, 6) is 0.362. The molecule has 0 atom stereocenters. The minimum Gasteiger partial charge on any atom is -0.381 e. The molecule has 3 N–H and O–H groups in total. The maximum Gasteiger partial charge on any atom is 0.242 e. The van der Waals surface area contributed by atoms with Crippen LogP contribution in [0.3, 0.4) is 0 Å². The van der Waals surface area contributed by atoms with Crippen LogP contribution in [0.4, 0.5) is 0 Å². The van der Waals surface area contributed by atoms with Crippen LogP contribution in [-0.2, 0) is 28.4 Å². The first kappa shape index (κ1) is 14.5. The van der Waals surface area contributed by atoms with Crippen LogP contribution in [0.15, 0.2) is 17.2 Å². The first-order valence-electron chi connectivity index (χ1n) is 6.45. The molecule has 1 aliphatic rings. The fraction of sp³-hybridized carbons (Fsp3) is 0.667. The molecule has 0 bridgehead atoms. The normalized spacial score (nSPS) is 17.8. The van der Waals surface area contributed by atoms with E-state index in [2.05, 4.69) is 4.72 Å². The van der Waals surface area contributed by atoms with Crippen molar-refractivity contribution in [2.75, 3.05) is 19.8 Å². The Balaban J connectivity index is 2.00. The summed E-state index contributed by atoms with van der Waals surface area (Å²) in [4.78, 5) is 0.280. The van der Waals surface area contributed by atoms with Gasteiger partial charge in [-0.25, -0.2) is 13.1 Å². The van der Waals surface area contributed by atoms with E-state index in [9.17, 15) is 8.42 Å². The Morgan fingerprint density at radius 1 is 1.47 bits per heavy atom. The number of hydrogen-bond acceptors (Lipinski definition) is 4. The molecule has 1 aliphatic heterocycles. The van der Waals surface area contributed by atoms with Gasteiger partial charge in [0.15, 0.2) is 0 Å². The number of rotatable bonds is 5. The third-order valence-electron chi connectivity index (χ3n) is 3.51. The lowest BCUT2D eigenvalue weighted by molar-refractivity contribution is 0.0678. The molecule has 2 rings (SSSR count). The molecule has 1 fully saturated rings. The molecule has 1 saturated heterocycles. The lowest BCUT2D eigenvalue weighted by atomic mass is 10.0. The zero-order valence-corrected chi connectivity index (χ0v) is 11.9. The lowest BCUT2D eigenvalue weighted by Crippen LogP contribution is -2.32. The first-order valence-corrected chi connectivity index (χ1v) is 7.94. The fourth-order valence-corrected chi connectivity index (χ4v) is 3.40. The highest BCUT2D eigenvalue weighted by Gasteiger charge is 2.20. The molecule has 19 heavy (non-hydrogen) atoms. The zero-order chi connectivity index (χ0) is 13.9. The summed E-state index contributed by atoms with van der Waals surface area (Å²) >= 11 is 0. The Bertz CT molecular complexity index is 518. The van der Waals surface area contributed by atoms with Crippen LogP contribution in [0.25, 0.3) is 0 Å². The van der Waals surface area contributed by atoms with Crippen LogP contribution >= 0.6 is 0 Å². The van der Waals surface area contributed by atoms with Crippen LogP contribution in [0.5, 0.6) is 0 Å². The van der Waals surface area contributed by atoms with Gasteiger partial charge in [0.25, 0.3) is 0 Å². The fourth-order valence-electron chi connectivity index (χ4n) is 2.19. The van der Waals surface area contributed by atoms with Crippen LogP contribution in [0.1, 0.15) is 18.5 Å². The monoisotopic (exact) mass is 287 g/mol. The molecule has 108 valence electrons. The predicted molar refractivity (Wildman–Crippen MR) is 72.0 cm³/mol. The number of nitrogens with one attached hydrogen (secondary N) is 1. The van der Waals surface area contributed by atoms with E-state index in [4.69, 9.17) is 10.5 Å². The van der Waals surface area contributed by atoms with Crippen molar-refractivity contribution in [2.45, 2.75) is 24.3 Å². The molecule has 2 heterocycles. The van der Waals surface area contributed by atoms with Crippen molar-refractivity contribution in [3.63, 3.8) is 0 Å². The van der Waals surface area contributed by atoms with Gasteiger partial charge < -0.3 is 15.0 Å². The summed E-state index contributed by atoms with van der Waals surface area (Å²) in [5.41, 5.74) is 6.35. The highest BCUT2D eigenvalue weighted by atomic mass is 32.2. The molecule has 0 amide bonds. The second kappa shape index (κ2) is 6.04. The van der Waals surface area contributed by atoms with Crippen LogP contribution in [-0.4, -0.2) is 32.7 Å². The Morgan fingerprint density at radius 2 is 2.16 bits per heavy atom. The van der Waals surface area contributed by atoms with Crippen LogP contribution < -0.4 is 10.5 Å². The van der Waals surface area contributed by atoms with E-state index in [-0.39, 0.29) is 4.90 Å². The van der Waals surface area contributed by atoms with E-state index in [1.807, 2.05) is 0 Å². The summed E-state index contributed by atoms with van der Waals surface area (Å²) in [6.45, 7) is 2.23. The zero-order valence-electron chi connectivity index (χ0n) is 11.1. The summed E-state index contributed by atoms with van der Waals surface area (Å²) in [7, 11) is -1.65. The Labute approximate surface area is 114 Å². The minimum atomic E-state index is -3.44. The highest BCUT2D eigenvalue weighted by molar-refractivity contribution is 7.89. The van der Waals surface area contributed by atoms with E-state index < -0.39 is 10.0 Å². The van der Waals surface area contributed by atoms with Gasteiger partial charge in [0.05, 0.1) is 4.90 Å². The molecule has 0 saturated carbocycles.